The van der Waals surface area contributed by atoms with E-state index in [9.17, 15) is 4.79 Å². The number of aromatic nitrogens is 3. The zero-order chi connectivity index (χ0) is 19.8. The summed E-state index contributed by atoms with van der Waals surface area (Å²) in [6.07, 6.45) is 4.43. The molecule has 2 heterocycles. The fourth-order valence-electron chi connectivity index (χ4n) is 2.63. The first-order valence-corrected chi connectivity index (χ1v) is 9.47. The lowest BCUT2D eigenvalue weighted by Gasteiger charge is -2.11. The molecule has 0 bridgehead atoms. The standard InChI is InChI=1S/C22H25N5O/c1-16(2)8-13-24-20-14-19(22(28)25-15-17-9-11-23-12-10-17)26-21(27-20)18-6-4-3-5-7-18/h3-7,9-12,14,16H,8,13,15H2,1-2H3,(H,25,28)(H,24,26,27). The fourth-order valence-corrected chi connectivity index (χ4v) is 2.63. The highest BCUT2D eigenvalue weighted by molar-refractivity contribution is 5.93. The third-order valence-electron chi connectivity index (χ3n) is 4.22. The van der Waals surface area contributed by atoms with E-state index in [1.54, 1.807) is 18.5 Å². The number of anilines is 1. The molecule has 0 aliphatic heterocycles. The van der Waals surface area contributed by atoms with Crippen molar-refractivity contribution in [3.8, 4) is 11.4 Å². The van der Waals surface area contributed by atoms with Gasteiger partial charge in [-0.2, -0.15) is 0 Å². The highest BCUT2D eigenvalue weighted by Crippen LogP contribution is 2.18. The van der Waals surface area contributed by atoms with Gasteiger partial charge in [-0.25, -0.2) is 9.97 Å². The molecule has 2 aromatic heterocycles. The van der Waals surface area contributed by atoms with E-state index in [1.165, 1.54) is 0 Å². The molecule has 1 amide bonds. The molecule has 0 aliphatic rings. The number of nitrogens with one attached hydrogen (secondary N) is 2. The lowest BCUT2D eigenvalue weighted by atomic mass is 10.1. The van der Waals surface area contributed by atoms with Gasteiger partial charge < -0.3 is 10.6 Å². The fraction of sp³-hybridized carbons (Fsp3) is 0.273. The number of rotatable bonds is 8. The van der Waals surface area contributed by atoms with Gasteiger partial charge in [0, 0.05) is 37.1 Å². The summed E-state index contributed by atoms with van der Waals surface area (Å²) in [6, 6.07) is 15.1. The quantitative estimate of drug-likeness (QED) is 0.624. The Labute approximate surface area is 165 Å². The van der Waals surface area contributed by atoms with Crippen LogP contribution in [0.2, 0.25) is 0 Å². The van der Waals surface area contributed by atoms with E-state index in [4.69, 9.17) is 0 Å². The van der Waals surface area contributed by atoms with Crippen molar-refractivity contribution < 1.29 is 4.79 Å². The van der Waals surface area contributed by atoms with E-state index in [-0.39, 0.29) is 5.91 Å². The zero-order valence-corrected chi connectivity index (χ0v) is 16.2. The normalized spacial score (nSPS) is 10.7. The van der Waals surface area contributed by atoms with E-state index in [2.05, 4.69) is 39.4 Å². The molecule has 0 aliphatic carbocycles. The topological polar surface area (TPSA) is 79.8 Å². The second-order valence-corrected chi connectivity index (χ2v) is 6.98. The lowest BCUT2D eigenvalue weighted by Crippen LogP contribution is -2.24. The van der Waals surface area contributed by atoms with E-state index in [0.717, 1.165) is 24.1 Å². The number of carbonyl (C=O) groups excluding carboxylic acids is 1. The first kappa shape index (κ1) is 19.5. The maximum Gasteiger partial charge on any atom is 0.270 e. The van der Waals surface area contributed by atoms with Gasteiger partial charge in [0.25, 0.3) is 5.91 Å². The van der Waals surface area contributed by atoms with Gasteiger partial charge in [0.2, 0.25) is 0 Å². The molecular formula is C22H25N5O. The van der Waals surface area contributed by atoms with Crippen molar-refractivity contribution in [2.75, 3.05) is 11.9 Å². The molecular weight excluding hydrogens is 350 g/mol. The number of amides is 1. The average molecular weight is 375 g/mol. The molecule has 0 atom stereocenters. The van der Waals surface area contributed by atoms with Gasteiger partial charge in [-0.3, -0.25) is 9.78 Å². The van der Waals surface area contributed by atoms with Crippen LogP contribution in [0.1, 0.15) is 36.3 Å². The summed E-state index contributed by atoms with van der Waals surface area (Å²) in [5, 5.41) is 6.23. The monoisotopic (exact) mass is 375 g/mol. The van der Waals surface area contributed by atoms with Crippen molar-refractivity contribution in [2.24, 2.45) is 5.92 Å². The second kappa shape index (κ2) is 9.60. The van der Waals surface area contributed by atoms with E-state index in [0.29, 0.717) is 29.8 Å². The van der Waals surface area contributed by atoms with Crippen molar-refractivity contribution in [1.82, 2.24) is 20.3 Å². The van der Waals surface area contributed by atoms with Gasteiger partial charge >= 0.3 is 0 Å². The Balaban J connectivity index is 1.80. The van der Waals surface area contributed by atoms with E-state index < -0.39 is 0 Å². The third-order valence-corrected chi connectivity index (χ3v) is 4.22. The number of hydrogen-bond donors (Lipinski definition) is 2. The maximum atomic E-state index is 12.7. The third kappa shape index (κ3) is 5.61. The lowest BCUT2D eigenvalue weighted by molar-refractivity contribution is 0.0946. The van der Waals surface area contributed by atoms with Crippen molar-refractivity contribution in [2.45, 2.75) is 26.8 Å². The zero-order valence-electron chi connectivity index (χ0n) is 16.2. The van der Waals surface area contributed by atoms with Gasteiger partial charge in [-0.1, -0.05) is 44.2 Å². The van der Waals surface area contributed by atoms with Crippen LogP contribution in [-0.2, 0) is 6.54 Å². The number of hydrogen-bond acceptors (Lipinski definition) is 5. The SMILES string of the molecule is CC(C)CCNc1cc(C(=O)NCc2ccncc2)nc(-c2ccccc2)n1. The molecule has 0 spiro atoms. The average Bonchev–Trinajstić information content (AvgIpc) is 2.73. The highest BCUT2D eigenvalue weighted by Gasteiger charge is 2.13. The molecule has 0 radical (unpaired) electrons. The highest BCUT2D eigenvalue weighted by atomic mass is 16.1. The minimum atomic E-state index is -0.233. The van der Waals surface area contributed by atoms with E-state index in [1.807, 2.05) is 42.5 Å². The van der Waals surface area contributed by atoms with Gasteiger partial charge in [0.1, 0.15) is 11.5 Å². The largest absolute Gasteiger partial charge is 0.370 e. The smallest absolute Gasteiger partial charge is 0.270 e. The maximum absolute atomic E-state index is 12.7. The molecule has 0 unspecified atom stereocenters. The molecule has 1 aromatic carbocycles. The molecule has 0 fully saturated rings. The van der Waals surface area contributed by atoms with Crippen LogP contribution in [-0.4, -0.2) is 27.4 Å². The second-order valence-electron chi connectivity index (χ2n) is 6.98. The predicted octanol–water partition coefficient (Wildman–Crippen LogP) is 3.93. The first-order chi connectivity index (χ1) is 13.6. The Morgan fingerprint density at radius 3 is 2.50 bits per heavy atom. The summed E-state index contributed by atoms with van der Waals surface area (Å²) in [4.78, 5) is 25.8. The molecule has 3 rings (SSSR count). The number of carbonyl (C=O) groups is 1. The van der Waals surface area contributed by atoms with Gasteiger partial charge in [0.05, 0.1) is 0 Å². The number of benzene rings is 1. The summed E-state index contributed by atoms with van der Waals surface area (Å²) in [7, 11) is 0. The molecule has 6 heteroatoms. The number of nitrogens with zero attached hydrogens (tertiary/aromatic N) is 3. The van der Waals surface area contributed by atoms with E-state index >= 15 is 0 Å². The summed E-state index contributed by atoms with van der Waals surface area (Å²) < 4.78 is 0. The van der Waals surface area contributed by atoms with Gasteiger partial charge in [0.15, 0.2) is 5.82 Å². The van der Waals surface area contributed by atoms with Gasteiger partial charge in [-0.15, -0.1) is 0 Å². The summed E-state index contributed by atoms with van der Waals surface area (Å²) >= 11 is 0. The van der Waals surface area contributed by atoms with Crippen molar-refractivity contribution in [3.05, 3.63) is 72.2 Å². The van der Waals surface area contributed by atoms with Crippen LogP contribution in [0, 0.1) is 5.92 Å². The van der Waals surface area contributed by atoms with Crippen molar-refractivity contribution >= 4 is 11.7 Å². The minimum Gasteiger partial charge on any atom is -0.370 e. The van der Waals surface area contributed by atoms with Gasteiger partial charge in [-0.05, 0) is 30.0 Å². The Hall–Kier alpha value is -3.28. The Bertz CT molecular complexity index is 897. The Morgan fingerprint density at radius 1 is 1.04 bits per heavy atom. The van der Waals surface area contributed by atoms with Crippen LogP contribution in [0.25, 0.3) is 11.4 Å². The first-order valence-electron chi connectivity index (χ1n) is 9.47. The molecule has 3 aromatic rings. The molecule has 144 valence electrons. The van der Waals surface area contributed by atoms with Crippen LogP contribution in [0.5, 0.6) is 0 Å². The molecule has 0 saturated carbocycles. The summed E-state index contributed by atoms with van der Waals surface area (Å²) in [5.41, 5.74) is 2.20. The summed E-state index contributed by atoms with van der Waals surface area (Å²) in [5.74, 6) is 1.54. The predicted molar refractivity (Wildman–Crippen MR) is 111 cm³/mol. The number of pyridine rings is 1. The van der Waals surface area contributed by atoms with Crippen LogP contribution in [0.3, 0.4) is 0 Å². The van der Waals surface area contributed by atoms with Crippen LogP contribution >= 0.6 is 0 Å². The van der Waals surface area contributed by atoms with Crippen molar-refractivity contribution in [3.63, 3.8) is 0 Å². The summed E-state index contributed by atoms with van der Waals surface area (Å²) in [6.45, 7) is 5.56. The molecule has 28 heavy (non-hydrogen) atoms. The Kier molecular flexibility index (Phi) is 6.68. The Morgan fingerprint density at radius 2 is 1.79 bits per heavy atom. The molecule has 6 nitrogen and oxygen atoms in total. The minimum absolute atomic E-state index is 0.233. The van der Waals surface area contributed by atoms with Crippen molar-refractivity contribution in [1.29, 1.82) is 0 Å². The molecule has 2 N–H and O–H groups in total. The van der Waals surface area contributed by atoms with Crippen LogP contribution in [0.15, 0.2) is 60.9 Å². The van der Waals surface area contributed by atoms with Crippen LogP contribution in [0.4, 0.5) is 5.82 Å². The van der Waals surface area contributed by atoms with Crippen LogP contribution < -0.4 is 10.6 Å². The molecule has 0 saturated heterocycles.